The minimum atomic E-state index is -4.52. The van der Waals surface area contributed by atoms with E-state index in [1.165, 1.54) is 6.07 Å². The van der Waals surface area contributed by atoms with E-state index in [4.69, 9.17) is 0 Å². The van der Waals surface area contributed by atoms with Gasteiger partial charge in [0.1, 0.15) is 0 Å². The van der Waals surface area contributed by atoms with Gasteiger partial charge in [0.15, 0.2) is 6.04 Å². The third-order valence-electron chi connectivity index (χ3n) is 5.02. The van der Waals surface area contributed by atoms with Gasteiger partial charge in [-0.3, -0.25) is 10.2 Å². The Kier molecular flexibility index (Phi) is 4.97. The Hall–Kier alpha value is -2.08. The van der Waals surface area contributed by atoms with Crippen LogP contribution in [-0.4, -0.2) is 23.6 Å². The predicted molar refractivity (Wildman–Crippen MR) is 99.9 cm³/mol. The Morgan fingerprint density at radius 1 is 1.11 bits per heavy atom. The fourth-order valence-electron chi connectivity index (χ4n) is 3.75. The summed E-state index contributed by atoms with van der Waals surface area (Å²) < 4.78 is 42.2. The lowest BCUT2D eigenvalue weighted by Gasteiger charge is -2.31. The summed E-state index contributed by atoms with van der Waals surface area (Å²) in [5.74, 6) is 0.00817. The first-order valence-electron chi connectivity index (χ1n) is 9.15. The number of benzene rings is 2. The van der Waals surface area contributed by atoms with Crippen LogP contribution in [0.15, 0.2) is 36.4 Å². The number of hydrogen-bond acceptors (Lipinski definition) is 2. The first kappa shape index (κ1) is 19.7. The lowest BCUT2D eigenvalue weighted by Crippen LogP contribution is -2.43. The predicted octanol–water partition coefficient (Wildman–Crippen LogP) is 5.01. The summed E-state index contributed by atoms with van der Waals surface area (Å²) in [6, 6.07) is 8.67. The van der Waals surface area contributed by atoms with Crippen LogP contribution in [0.1, 0.15) is 44.9 Å². The van der Waals surface area contributed by atoms with Crippen molar-refractivity contribution in [3.05, 3.63) is 47.5 Å². The van der Waals surface area contributed by atoms with E-state index in [0.717, 1.165) is 22.4 Å². The Morgan fingerprint density at radius 3 is 2.30 bits per heavy atom. The number of nitrogens with zero attached hydrogens (tertiary/aromatic N) is 1. The maximum atomic E-state index is 14.1. The number of rotatable bonds is 4. The summed E-state index contributed by atoms with van der Waals surface area (Å²) in [6.07, 6.45) is -3.72. The van der Waals surface area contributed by atoms with Crippen LogP contribution >= 0.6 is 0 Å². The van der Waals surface area contributed by atoms with E-state index in [2.05, 4.69) is 19.3 Å². The van der Waals surface area contributed by atoms with Gasteiger partial charge in [-0.15, -0.1) is 0 Å². The fourth-order valence-corrected chi connectivity index (χ4v) is 3.75. The van der Waals surface area contributed by atoms with Gasteiger partial charge in [-0.05, 0) is 48.1 Å². The molecule has 1 heterocycles. The quantitative estimate of drug-likeness (QED) is 0.811. The van der Waals surface area contributed by atoms with Crippen LogP contribution in [0.2, 0.25) is 0 Å². The smallest absolute Gasteiger partial charge is 0.287 e. The molecule has 1 atom stereocenters. The highest BCUT2D eigenvalue weighted by Gasteiger charge is 2.51. The van der Waals surface area contributed by atoms with Crippen molar-refractivity contribution in [3.8, 4) is 0 Å². The summed E-state index contributed by atoms with van der Waals surface area (Å²) in [4.78, 5) is 12.1. The fraction of sp³-hybridized carbons (Fsp3) is 0.476. The topological polar surface area (TPSA) is 32.3 Å². The van der Waals surface area contributed by atoms with Crippen LogP contribution in [0.4, 0.5) is 13.2 Å². The summed E-state index contributed by atoms with van der Waals surface area (Å²) in [5, 5.41) is 2.45. The van der Waals surface area contributed by atoms with E-state index < -0.39 is 23.5 Å². The van der Waals surface area contributed by atoms with Gasteiger partial charge in [0.2, 0.25) is 5.91 Å². The maximum absolute atomic E-state index is 14.1. The molecule has 3 nitrogen and oxygen atoms in total. The zero-order chi connectivity index (χ0) is 20.0. The van der Waals surface area contributed by atoms with Gasteiger partial charge in [-0.2, -0.15) is 13.2 Å². The van der Waals surface area contributed by atoms with Gasteiger partial charge in [0.05, 0.1) is 5.41 Å². The van der Waals surface area contributed by atoms with Crippen molar-refractivity contribution < 1.29 is 18.0 Å². The molecule has 6 heteroatoms. The van der Waals surface area contributed by atoms with Crippen LogP contribution in [0, 0.1) is 11.3 Å². The highest BCUT2D eigenvalue weighted by molar-refractivity contribution is 5.89. The molecule has 0 saturated carbocycles. The number of amides is 1. The number of alkyl halides is 3. The molecule has 0 radical (unpaired) electrons. The summed E-state index contributed by atoms with van der Waals surface area (Å²) in [5.41, 5.74) is 2.78. The van der Waals surface area contributed by atoms with E-state index in [1.807, 2.05) is 18.2 Å². The van der Waals surface area contributed by atoms with Crippen LogP contribution in [0.5, 0.6) is 0 Å². The Morgan fingerprint density at radius 2 is 1.74 bits per heavy atom. The van der Waals surface area contributed by atoms with E-state index in [9.17, 15) is 18.0 Å². The van der Waals surface area contributed by atoms with Crippen LogP contribution in [0.3, 0.4) is 0 Å². The molecule has 27 heavy (non-hydrogen) atoms. The van der Waals surface area contributed by atoms with Gasteiger partial charge >= 0.3 is 6.18 Å². The lowest BCUT2D eigenvalue weighted by atomic mass is 9.91. The van der Waals surface area contributed by atoms with Gasteiger partial charge < -0.3 is 0 Å². The normalized spacial score (nSPS) is 18.9. The number of carbonyl (C=O) groups excluding carboxylic acids is 1. The molecular formula is C21H25F3N2O. The molecule has 0 spiro atoms. The zero-order valence-electron chi connectivity index (χ0n) is 16.0. The van der Waals surface area contributed by atoms with Crippen molar-refractivity contribution in [2.75, 3.05) is 6.54 Å². The SMILES string of the molecule is CC(C)Cc1cccc2c([C@H](N3CC(C)(C)C(=O)N3)C(F)(F)F)cccc12. The Balaban J connectivity index is 2.14. The molecule has 1 amide bonds. The summed E-state index contributed by atoms with van der Waals surface area (Å²) in [6.45, 7) is 7.48. The number of nitrogens with one attached hydrogen (secondary N) is 1. The van der Waals surface area contributed by atoms with E-state index in [0.29, 0.717) is 11.3 Å². The molecular weight excluding hydrogens is 353 g/mol. The Labute approximate surface area is 157 Å². The summed E-state index contributed by atoms with van der Waals surface area (Å²) in [7, 11) is 0. The maximum Gasteiger partial charge on any atom is 0.409 e. The second-order valence-electron chi connectivity index (χ2n) is 8.35. The average Bonchev–Trinajstić information content (AvgIpc) is 2.79. The average molecular weight is 378 g/mol. The van der Waals surface area contributed by atoms with E-state index in [-0.39, 0.29) is 12.1 Å². The van der Waals surface area contributed by atoms with E-state index >= 15 is 0 Å². The molecule has 1 saturated heterocycles. The van der Waals surface area contributed by atoms with Crippen LogP contribution in [0.25, 0.3) is 10.8 Å². The molecule has 1 aliphatic rings. The molecule has 2 aromatic rings. The van der Waals surface area contributed by atoms with Gasteiger partial charge in [-0.25, -0.2) is 5.01 Å². The molecule has 1 fully saturated rings. The van der Waals surface area contributed by atoms with Gasteiger partial charge in [0.25, 0.3) is 0 Å². The Bertz CT molecular complexity index is 858. The third kappa shape index (κ3) is 3.81. The molecule has 2 aromatic carbocycles. The number of fused-ring (bicyclic) bond motifs is 1. The molecule has 0 unspecified atom stereocenters. The second-order valence-corrected chi connectivity index (χ2v) is 8.35. The summed E-state index contributed by atoms with van der Waals surface area (Å²) >= 11 is 0. The second kappa shape index (κ2) is 6.82. The standard InChI is InChI=1S/C21H25F3N2O/c1-13(2)11-14-7-5-9-16-15(14)8-6-10-17(16)18(21(22,23)24)26-12-20(3,4)19(27)25-26/h5-10,13,18H,11-12H2,1-4H3,(H,25,27)/t18-/m0/s1. The van der Waals surface area contributed by atoms with Crippen molar-refractivity contribution in [3.63, 3.8) is 0 Å². The number of hydrogen-bond donors (Lipinski definition) is 1. The minimum absolute atomic E-state index is 0.00190. The third-order valence-corrected chi connectivity index (χ3v) is 5.02. The first-order valence-corrected chi connectivity index (χ1v) is 9.15. The van der Waals surface area contributed by atoms with E-state index in [1.54, 1.807) is 26.0 Å². The first-order chi connectivity index (χ1) is 12.5. The van der Waals surface area contributed by atoms with Crippen LogP contribution in [-0.2, 0) is 11.2 Å². The largest absolute Gasteiger partial charge is 0.409 e. The van der Waals surface area contributed by atoms with Crippen molar-refractivity contribution in [2.24, 2.45) is 11.3 Å². The van der Waals surface area contributed by atoms with Gasteiger partial charge in [-0.1, -0.05) is 50.2 Å². The minimum Gasteiger partial charge on any atom is -0.287 e. The number of carbonyl (C=O) groups is 1. The lowest BCUT2D eigenvalue weighted by molar-refractivity contribution is -0.191. The molecule has 1 N–H and O–H groups in total. The highest BCUT2D eigenvalue weighted by atomic mass is 19.4. The van der Waals surface area contributed by atoms with Crippen molar-refractivity contribution in [1.29, 1.82) is 0 Å². The number of hydrazine groups is 1. The van der Waals surface area contributed by atoms with Crippen molar-refractivity contribution in [1.82, 2.24) is 10.4 Å². The number of halogens is 3. The van der Waals surface area contributed by atoms with Crippen molar-refractivity contribution >= 4 is 16.7 Å². The highest BCUT2D eigenvalue weighted by Crippen LogP contribution is 2.43. The zero-order valence-corrected chi connectivity index (χ0v) is 16.0. The molecule has 1 aliphatic heterocycles. The molecule has 146 valence electrons. The molecule has 0 aromatic heterocycles. The molecule has 0 aliphatic carbocycles. The van der Waals surface area contributed by atoms with Crippen LogP contribution < -0.4 is 5.43 Å². The monoisotopic (exact) mass is 378 g/mol. The molecule has 3 rings (SSSR count). The van der Waals surface area contributed by atoms with Gasteiger partial charge in [0, 0.05) is 6.54 Å². The molecule has 0 bridgehead atoms. The van der Waals surface area contributed by atoms with Crippen molar-refractivity contribution in [2.45, 2.75) is 46.3 Å².